The summed E-state index contributed by atoms with van der Waals surface area (Å²) in [5.74, 6) is 1.63. The normalized spacial score (nSPS) is 13.8. The highest BCUT2D eigenvalue weighted by Gasteiger charge is 2.19. The van der Waals surface area contributed by atoms with E-state index in [1.807, 2.05) is 17.0 Å². The maximum Gasteiger partial charge on any atom is 0.223 e. The minimum atomic E-state index is 0. The van der Waals surface area contributed by atoms with Crippen molar-refractivity contribution in [3.8, 4) is 11.5 Å². The molecule has 1 aromatic rings. The fourth-order valence-corrected chi connectivity index (χ4v) is 2.58. The van der Waals surface area contributed by atoms with Crippen molar-refractivity contribution in [1.82, 2.24) is 4.90 Å². The molecule has 1 heterocycles. The average Bonchev–Trinajstić information content (AvgIpc) is 2.67. The number of nitrogens with two attached hydrogens (primary N) is 1. The molecule has 0 saturated heterocycles. The second-order valence-corrected chi connectivity index (χ2v) is 4.90. The first-order valence-corrected chi connectivity index (χ1v) is 6.91. The van der Waals surface area contributed by atoms with Crippen molar-refractivity contribution in [2.45, 2.75) is 19.3 Å². The van der Waals surface area contributed by atoms with Gasteiger partial charge in [-0.1, -0.05) is 0 Å². The molecule has 2 rings (SSSR count). The van der Waals surface area contributed by atoms with Gasteiger partial charge in [0.05, 0.1) is 14.2 Å². The van der Waals surface area contributed by atoms with Gasteiger partial charge < -0.3 is 20.1 Å². The van der Waals surface area contributed by atoms with Crippen molar-refractivity contribution in [3.63, 3.8) is 0 Å². The molecule has 0 saturated carbocycles. The summed E-state index contributed by atoms with van der Waals surface area (Å²) >= 11 is 0. The number of ether oxygens (including phenoxy) is 2. The first kappa shape index (κ1) is 17.6. The molecule has 0 fully saturated rings. The molecule has 1 aliphatic rings. The molecule has 0 spiro atoms. The molecule has 0 aliphatic carbocycles. The van der Waals surface area contributed by atoms with Gasteiger partial charge in [0.15, 0.2) is 11.5 Å². The van der Waals surface area contributed by atoms with E-state index in [-0.39, 0.29) is 18.3 Å². The van der Waals surface area contributed by atoms with Gasteiger partial charge in [0, 0.05) is 26.1 Å². The van der Waals surface area contributed by atoms with Gasteiger partial charge in [-0.2, -0.15) is 0 Å². The SMILES string of the molecule is COc1cc2c(cc1OC)CCN(C(=O)CCN)CC2.Cl. The second-order valence-electron chi connectivity index (χ2n) is 4.90. The molecular formula is C15H23ClN2O3. The molecular weight excluding hydrogens is 292 g/mol. The molecule has 118 valence electrons. The molecule has 0 radical (unpaired) electrons. The van der Waals surface area contributed by atoms with Crippen molar-refractivity contribution in [1.29, 1.82) is 0 Å². The lowest BCUT2D eigenvalue weighted by Gasteiger charge is -2.19. The van der Waals surface area contributed by atoms with Crippen LogP contribution in [0.4, 0.5) is 0 Å². The predicted molar refractivity (Wildman–Crippen MR) is 84.5 cm³/mol. The first-order valence-electron chi connectivity index (χ1n) is 6.91. The van der Waals surface area contributed by atoms with Crippen molar-refractivity contribution in [3.05, 3.63) is 23.3 Å². The third kappa shape index (κ3) is 4.02. The molecule has 0 aromatic heterocycles. The van der Waals surface area contributed by atoms with Crippen LogP contribution in [0.3, 0.4) is 0 Å². The minimum Gasteiger partial charge on any atom is -0.493 e. The third-order valence-electron chi connectivity index (χ3n) is 3.72. The van der Waals surface area contributed by atoms with E-state index in [9.17, 15) is 4.79 Å². The number of halogens is 1. The number of rotatable bonds is 4. The van der Waals surface area contributed by atoms with Crippen LogP contribution in [0.1, 0.15) is 17.5 Å². The van der Waals surface area contributed by atoms with Crippen LogP contribution in [0, 0.1) is 0 Å². The zero-order chi connectivity index (χ0) is 14.5. The number of methoxy groups -OCH3 is 2. The Hall–Kier alpha value is -1.46. The van der Waals surface area contributed by atoms with E-state index in [0.717, 1.165) is 37.4 Å². The van der Waals surface area contributed by atoms with Gasteiger partial charge in [-0.05, 0) is 36.1 Å². The number of hydrogen-bond acceptors (Lipinski definition) is 4. The van der Waals surface area contributed by atoms with Crippen LogP contribution in [-0.2, 0) is 17.6 Å². The quantitative estimate of drug-likeness (QED) is 0.912. The number of hydrogen-bond donors (Lipinski definition) is 1. The predicted octanol–water partition coefficient (Wildman–Crippen LogP) is 1.40. The van der Waals surface area contributed by atoms with Crippen LogP contribution in [0.5, 0.6) is 11.5 Å². The molecule has 1 aromatic carbocycles. The van der Waals surface area contributed by atoms with Crippen LogP contribution in [0.15, 0.2) is 12.1 Å². The van der Waals surface area contributed by atoms with Crippen LogP contribution in [-0.4, -0.2) is 44.7 Å². The summed E-state index contributed by atoms with van der Waals surface area (Å²) in [4.78, 5) is 13.8. The van der Waals surface area contributed by atoms with Crippen LogP contribution in [0.25, 0.3) is 0 Å². The fraction of sp³-hybridized carbons (Fsp3) is 0.533. The Morgan fingerprint density at radius 1 is 1.14 bits per heavy atom. The van der Waals surface area contributed by atoms with Crippen LogP contribution in [0.2, 0.25) is 0 Å². The van der Waals surface area contributed by atoms with E-state index in [4.69, 9.17) is 15.2 Å². The van der Waals surface area contributed by atoms with Crippen LogP contribution >= 0.6 is 12.4 Å². The molecule has 0 unspecified atom stereocenters. The Balaban J connectivity index is 0.00000220. The van der Waals surface area contributed by atoms with E-state index in [0.29, 0.717) is 13.0 Å². The zero-order valence-electron chi connectivity index (χ0n) is 12.6. The highest BCUT2D eigenvalue weighted by molar-refractivity contribution is 5.85. The number of benzene rings is 1. The summed E-state index contributed by atoms with van der Waals surface area (Å²) < 4.78 is 10.7. The van der Waals surface area contributed by atoms with E-state index in [1.165, 1.54) is 11.1 Å². The zero-order valence-corrected chi connectivity index (χ0v) is 13.4. The number of nitrogens with zero attached hydrogens (tertiary/aromatic N) is 1. The van der Waals surface area contributed by atoms with Gasteiger partial charge in [-0.25, -0.2) is 0 Å². The fourth-order valence-electron chi connectivity index (χ4n) is 2.58. The Morgan fingerprint density at radius 3 is 2.00 bits per heavy atom. The molecule has 0 bridgehead atoms. The Morgan fingerprint density at radius 2 is 1.62 bits per heavy atom. The second kappa shape index (κ2) is 8.10. The summed E-state index contributed by atoms with van der Waals surface area (Å²) in [6.45, 7) is 1.88. The maximum absolute atomic E-state index is 11.9. The molecule has 0 atom stereocenters. The summed E-state index contributed by atoms with van der Waals surface area (Å²) in [6, 6.07) is 4.04. The lowest BCUT2D eigenvalue weighted by atomic mass is 10.0. The van der Waals surface area contributed by atoms with Gasteiger partial charge in [-0.3, -0.25) is 4.79 Å². The third-order valence-corrected chi connectivity index (χ3v) is 3.72. The Bertz CT molecular complexity index is 459. The minimum absolute atomic E-state index is 0. The maximum atomic E-state index is 11.9. The molecule has 5 nitrogen and oxygen atoms in total. The van der Waals surface area contributed by atoms with Crippen molar-refractivity contribution < 1.29 is 14.3 Å². The monoisotopic (exact) mass is 314 g/mol. The van der Waals surface area contributed by atoms with Gasteiger partial charge in [-0.15, -0.1) is 12.4 Å². The number of carbonyl (C=O) groups is 1. The Kier molecular flexibility index (Phi) is 6.78. The van der Waals surface area contributed by atoms with Gasteiger partial charge in [0.25, 0.3) is 0 Å². The summed E-state index contributed by atoms with van der Waals surface area (Å²) in [6.07, 6.45) is 2.10. The lowest BCUT2D eigenvalue weighted by molar-refractivity contribution is -0.130. The average molecular weight is 315 g/mol. The highest BCUT2D eigenvalue weighted by Crippen LogP contribution is 2.32. The summed E-state index contributed by atoms with van der Waals surface area (Å²) in [7, 11) is 3.27. The topological polar surface area (TPSA) is 64.8 Å². The van der Waals surface area contributed by atoms with Crippen LogP contribution < -0.4 is 15.2 Å². The molecule has 2 N–H and O–H groups in total. The van der Waals surface area contributed by atoms with E-state index < -0.39 is 0 Å². The standard InChI is InChI=1S/C15H22N2O3.ClH/c1-19-13-9-11-4-7-17(15(18)3-6-16)8-5-12(11)10-14(13)20-2;/h9-10H,3-8,16H2,1-2H3;1H. The van der Waals surface area contributed by atoms with Crippen molar-refractivity contribution >= 4 is 18.3 Å². The summed E-state index contributed by atoms with van der Waals surface area (Å²) in [5.41, 5.74) is 7.91. The van der Waals surface area contributed by atoms with E-state index >= 15 is 0 Å². The van der Waals surface area contributed by atoms with Crippen molar-refractivity contribution in [2.24, 2.45) is 5.73 Å². The number of fused-ring (bicyclic) bond motifs is 1. The molecule has 21 heavy (non-hydrogen) atoms. The number of carbonyl (C=O) groups excluding carboxylic acids is 1. The Labute approximate surface area is 131 Å². The molecule has 6 heteroatoms. The van der Waals surface area contributed by atoms with E-state index in [2.05, 4.69) is 0 Å². The van der Waals surface area contributed by atoms with Gasteiger partial charge in [0.1, 0.15) is 0 Å². The first-order chi connectivity index (χ1) is 9.69. The highest BCUT2D eigenvalue weighted by atomic mass is 35.5. The molecule has 1 aliphatic heterocycles. The lowest BCUT2D eigenvalue weighted by Crippen LogP contribution is -2.34. The summed E-state index contributed by atoms with van der Waals surface area (Å²) in [5, 5.41) is 0. The van der Waals surface area contributed by atoms with Gasteiger partial charge in [0.2, 0.25) is 5.91 Å². The van der Waals surface area contributed by atoms with Crippen molar-refractivity contribution in [2.75, 3.05) is 33.9 Å². The smallest absolute Gasteiger partial charge is 0.223 e. The van der Waals surface area contributed by atoms with Gasteiger partial charge >= 0.3 is 0 Å². The van der Waals surface area contributed by atoms with E-state index in [1.54, 1.807) is 14.2 Å². The largest absolute Gasteiger partial charge is 0.493 e. The number of amides is 1. The molecule has 1 amide bonds.